The van der Waals surface area contributed by atoms with Crippen molar-refractivity contribution in [3.05, 3.63) is 52.4 Å². The number of esters is 1. The van der Waals surface area contributed by atoms with E-state index in [9.17, 15) is 37.8 Å². The molecule has 0 radical (unpaired) electrons. The number of aliphatic hydroxyl groups excluding tert-OH is 2. The number of hydrogen-bond acceptors (Lipinski definition) is 12. The number of nitrogens with two attached hydrogens (primary N) is 1. The Balaban J connectivity index is 1.52. The first kappa shape index (κ1) is 43.1. The fourth-order valence-electron chi connectivity index (χ4n) is 6.07. The van der Waals surface area contributed by atoms with Crippen LogP contribution in [-0.2, 0) is 25.5 Å². The summed E-state index contributed by atoms with van der Waals surface area (Å²) in [7, 11) is 2.61. The van der Waals surface area contributed by atoms with Gasteiger partial charge in [0.25, 0.3) is 5.91 Å². The van der Waals surface area contributed by atoms with Gasteiger partial charge in [-0.15, -0.1) is 11.3 Å². The van der Waals surface area contributed by atoms with E-state index in [0.717, 1.165) is 18.4 Å². The van der Waals surface area contributed by atoms with Crippen LogP contribution in [0.2, 0.25) is 0 Å². The van der Waals surface area contributed by atoms with Gasteiger partial charge in [0, 0.05) is 38.7 Å². The van der Waals surface area contributed by atoms with Crippen LogP contribution in [0.15, 0.2) is 36.4 Å². The predicted molar refractivity (Wildman–Crippen MR) is 199 cm³/mol. The lowest BCUT2D eigenvalue weighted by molar-refractivity contribution is -0.143. The number of carbonyl (C=O) groups excluding carboxylic acids is 3. The molecule has 300 valence electrons. The molecule has 1 aliphatic rings. The zero-order valence-corrected chi connectivity index (χ0v) is 31.2. The fraction of sp³-hybridized carbons (Fsp3) is 0.486. The Morgan fingerprint density at radius 1 is 1.16 bits per heavy atom. The SMILES string of the molecule is COCC(O)CN1CCC(Nc2cccc3c(CC(F)(F)F)c(C#CCNc4ccc(C(=O)NC(CCC(N)=O)C(=O)OC)cc4OCCO)sc23)C(F)C1. The minimum Gasteiger partial charge on any atom is -0.489 e. The Kier molecular flexibility index (Phi) is 15.9. The second-order valence-electron chi connectivity index (χ2n) is 12.8. The molecule has 0 bridgehead atoms. The molecule has 0 saturated carbocycles. The van der Waals surface area contributed by atoms with E-state index in [1.54, 1.807) is 18.2 Å². The van der Waals surface area contributed by atoms with Gasteiger partial charge in [0.2, 0.25) is 5.91 Å². The van der Waals surface area contributed by atoms with Gasteiger partial charge in [-0.1, -0.05) is 24.0 Å². The van der Waals surface area contributed by atoms with Crippen molar-refractivity contribution in [1.29, 1.82) is 0 Å². The number of benzene rings is 2. The number of β-amino-alcohol motifs (C(OH)–C–C–N with tert-alkyl or cyclic N) is 1. The number of nitrogens with one attached hydrogen (secondary N) is 3. The van der Waals surface area contributed by atoms with E-state index in [2.05, 4.69) is 27.8 Å². The van der Waals surface area contributed by atoms with Crippen molar-refractivity contribution >= 4 is 50.6 Å². The summed E-state index contributed by atoms with van der Waals surface area (Å²) in [6.45, 7) is 0.463. The Hall–Kier alpha value is -4.67. The van der Waals surface area contributed by atoms with E-state index in [0.29, 0.717) is 34.4 Å². The van der Waals surface area contributed by atoms with Crippen LogP contribution in [0.4, 0.5) is 28.9 Å². The molecule has 18 heteroatoms. The van der Waals surface area contributed by atoms with Crippen LogP contribution < -0.4 is 26.4 Å². The minimum atomic E-state index is -4.53. The molecule has 1 aromatic heterocycles. The number of methoxy groups -OCH3 is 2. The van der Waals surface area contributed by atoms with Crippen LogP contribution in [0.3, 0.4) is 0 Å². The quantitative estimate of drug-likeness (QED) is 0.0632. The van der Waals surface area contributed by atoms with Crippen molar-refractivity contribution < 1.29 is 56.4 Å². The number of anilines is 2. The molecule has 1 fully saturated rings. The van der Waals surface area contributed by atoms with Gasteiger partial charge in [-0.05, 0) is 48.1 Å². The number of hydrogen-bond donors (Lipinski definition) is 6. The number of aliphatic hydroxyl groups is 2. The molecule has 7 N–H and O–H groups in total. The molecule has 3 aromatic rings. The third kappa shape index (κ3) is 12.7. The lowest BCUT2D eigenvalue weighted by atomic mass is 10.0. The molecule has 2 aromatic carbocycles. The Bertz CT molecular complexity index is 1850. The maximum Gasteiger partial charge on any atom is 0.393 e. The average molecular weight is 796 g/mol. The number of piperidine rings is 1. The van der Waals surface area contributed by atoms with E-state index >= 15 is 4.39 Å². The van der Waals surface area contributed by atoms with Crippen LogP contribution in [0.1, 0.15) is 40.1 Å². The lowest BCUT2D eigenvalue weighted by Crippen LogP contribution is -2.50. The summed E-state index contributed by atoms with van der Waals surface area (Å²) >= 11 is 1.08. The number of carbonyl (C=O) groups is 3. The van der Waals surface area contributed by atoms with E-state index in [4.69, 9.17) is 19.9 Å². The summed E-state index contributed by atoms with van der Waals surface area (Å²) in [4.78, 5) is 38.4. The van der Waals surface area contributed by atoms with Gasteiger partial charge >= 0.3 is 12.1 Å². The number of ether oxygens (including phenoxy) is 3. The summed E-state index contributed by atoms with van der Waals surface area (Å²) in [6.07, 6.45) is -7.63. The Morgan fingerprint density at radius 2 is 1.95 bits per heavy atom. The molecule has 1 saturated heterocycles. The van der Waals surface area contributed by atoms with E-state index in [1.165, 1.54) is 25.3 Å². The monoisotopic (exact) mass is 795 g/mol. The fourth-order valence-corrected chi connectivity index (χ4v) is 7.24. The van der Waals surface area contributed by atoms with Crippen molar-refractivity contribution in [1.82, 2.24) is 10.2 Å². The number of rotatable bonds is 18. The molecule has 0 spiro atoms. The molecule has 13 nitrogen and oxygen atoms in total. The van der Waals surface area contributed by atoms with E-state index in [-0.39, 0.29) is 74.1 Å². The van der Waals surface area contributed by atoms with E-state index in [1.807, 2.05) is 4.90 Å². The summed E-state index contributed by atoms with van der Waals surface area (Å²) in [5, 5.41) is 28.5. The molecular weight excluding hydrogens is 750 g/mol. The summed E-state index contributed by atoms with van der Waals surface area (Å²) in [6, 6.07) is 7.45. The number of thiophene rings is 1. The first-order valence-electron chi connectivity index (χ1n) is 17.4. The largest absolute Gasteiger partial charge is 0.489 e. The van der Waals surface area contributed by atoms with Crippen LogP contribution in [0, 0.1) is 11.8 Å². The van der Waals surface area contributed by atoms with Gasteiger partial charge < -0.3 is 46.1 Å². The summed E-state index contributed by atoms with van der Waals surface area (Å²) in [5.74, 6) is 3.75. The second-order valence-corrected chi connectivity index (χ2v) is 13.8. The Labute approximate surface area is 319 Å². The number of fused-ring (bicyclic) bond motifs is 1. The zero-order chi connectivity index (χ0) is 40.1. The molecule has 2 amide bonds. The second kappa shape index (κ2) is 20.3. The maximum atomic E-state index is 15.3. The maximum absolute atomic E-state index is 15.3. The highest BCUT2D eigenvalue weighted by Gasteiger charge is 2.33. The highest BCUT2D eigenvalue weighted by Crippen LogP contribution is 2.39. The number of likely N-dealkylation sites (tertiary alicyclic amines) is 1. The van der Waals surface area contributed by atoms with Crippen LogP contribution in [0.5, 0.6) is 5.75 Å². The number of amides is 2. The van der Waals surface area contributed by atoms with Gasteiger partial charge in [-0.25, -0.2) is 9.18 Å². The number of alkyl halides is 4. The molecule has 55 heavy (non-hydrogen) atoms. The first-order chi connectivity index (χ1) is 26.2. The van der Waals surface area contributed by atoms with Crippen LogP contribution in [-0.4, -0.2) is 124 Å². The number of primary amides is 1. The smallest absolute Gasteiger partial charge is 0.393 e. The van der Waals surface area contributed by atoms with E-state index < -0.39 is 54.7 Å². The van der Waals surface area contributed by atoms with Gasteiger partial charge in [0.05, 0.1) is 66.4 Å². The molecule has 0 aliphatic carbocycles. The minimum absolute atomic E-state index is 0.00539. The standard InChI is InChI=1S/C37H45F4N5O8S/c1-52-21-23(48)19-46-14-12-27(26(38)20-46)44-29-6-3-5-24-25(18-37(39,40)41)32(55-34(24)29)7-4-13-43-28-9-8-22(17-31(28)54-16-15-47)35(50)45-30(36(51)53-2)10-11-33(42)49/h3,5-6,8-9,17,23,26-27,30,43-44,47-48H,10-16,18-21H2,1-2H3,(H2,42,49)(H,45,50). The third-order valence-electron chi connectivity index (χ3n) is 8.62. The summed E-state index contributed by atoms with van der Waals surface area (Å²) in [5.41, 5.74) is 6.12. The molecule has 1 aliphatic heterocycles. The zero-order valence-electron chi connectivity index (χ0n) is 30.3. The predicted octanol–water partition coefficient (Wildman–Crippen LogP) is 3.21. The molecule has 4 rings (SSSR count). The van der Waals surface area contributed by atoms with Gasteiger partial charge in [0.15, 0.2) is 0 Å². The normalized spacial score (nSPS) is 17.1. The highest BCUT2D eigenvalue weighted by atomic mass is 32.1. The number of nitrogens with zero attached hydrogens (tertiary/aromatic N) is 1. The van der Waals surface area contributed by atoms with Crippen molar-refractivity contribution in [2.45, 2.75) is 56.2 Å². The lowest BCUT2D eigenvalue weighted by Gasteiger charge is -2.36. The van der Waals surface area contributed by atoms with Crippen molar-refractivity contribution in [3.8, 4) is 17.6 Å². The third-order valence-corrected chi connectivity index (χ3v) is 9.82. The topological polar surface area (TPSA) is 185 Å². The average Bonchev–Trinajstić information content (AvgIpc) is 3.48. The summed E-state index contributed by atoms with van der Waals surface area (Å²) < 4.78 is 72.5. The molecule has 4 atom stereocenters. The van der Waals surface area contributed by atoms with Gasteiger partial charge in [-0.3, -0.25) is 14.5 Å². The van der Waals surface area contributed by atoms with Crippen LogP contribution >= 0.6 is 11.3 Å². The molecular formula is C37H45F4N5O8S. The van der Waals surface area contributed by atoms with Crippen LogP contribution in [0.25, 0.3) is 10.1 Å². The van der Waals surface area contributed by atoms with Gasteiger partial charge in [0.1, 0.15) is 24.6 Å². The van der Waals surface area contributed by atoms with Gasteiger partial charge in [-0.2, -0.15) is 13.2 Å². The van der Waals surface area contributed by atoms with Crippen molar-refractivity contribution in [2.75, 3.05) is 70.9 Å². The highest BCUT2D eigenvalue weighted by molar-refractivity contribution is 7.20. The van der Waals surface area contributed by atoms with Crippen molar-refractivity contribution in [3.63, 3.8) is 0 Å². The first-order valence-corrected chi connectivity index (χ1v) is 18.2. The van der Waals surface area contributed by atoms with Crippen molar-refractivity contribution in [2.24, 2.45) is 5.73 Å². The molecule has 4 unspecified atom stereocenters. The Morgan fingerprint density at radius 3 is 2.62 bits per heavy atom. The number of halogens is 4. The molecule has 2 heterocycles.